The standard InChI is InChI=1S/C25H22BrF4N5O3/c1-2-21(36)34-19-10-15-18(32-12-33-24(15)35-17-4-3-14(26)9-16(17)27)11-20(19)38-22(23(37)25(28,29)30)13-5-7-31-8-6-13/h2-4,9-13,22,31H,1,5-8H2,(H,34,36)(H,32,33,35). The number of nitrogens with zero attached hydrogens (tertiary/aromatic N) is 2. The van der Waals surface area contributed by atoms with Crippen LogP contribution in [0.5, 0.6) is 5.75 Å². The number of hydrogen-bond acceptors (Lipinski definition) is 7. The van der Waals surface area contributed by atoms with Gasteiger partial charge in [0.2, 0.25) is 5.91 Å². The lowest BCUT2D eigenvalue weighted by molar-refractivity contribution is -0.181. The fourth-order valence-corrected chi connectivity index (χ4v) is 4.42. The highest BCUT2D eigenvalue weighted by molar-refractivity contribution is 9.10. The molecule has 0 saturated carbocycles. The summed E-state index contributed by atoms with van der Waals surface area (Å²) in [4.78, 5) is 32.8. The first-order valence-electron chi connectivity index (χ1n) is 11.5. The van der Waals surface area contributed by atoms with E-state index in [9.17, 15) is 27.2 Å². The highest BCUT2D eigenvalue weighted by Gasteiger charge is 2.48. The van der Waals surface area contributed by atoms with E-state index in [1.807, 2.05) is 0 Å². The van der Waals surface area contributed by atoms with Crippen molar-refractivity contribution in [1.29, 1.82) is 0 Å². The molecular weight excluding hydrogens is 574 g/mol. The Bertz CT molecular complexity index is 1380. The molecule has 1 aliphatic rings. The Morgan fingerprint density at radius 2 is 1.89 bits per heavy atom. The SMILES string of the molecule is C=CC(=O)Nc1cc2c(Nc3ccc(Br)cc3F)ncnc2cc1OC(C(=O)C(F)(F)F)C1CCNCC1. The fraction of sp³-hybridized carbons (Fsp3) is 0.280. The quantitative estimate of drug-likeness (QED) is 0.240. The van der Waals surface area contributed by atoms with E-state index >= 15 is 0 Å². The van der Waals surface area contributed by atoms with Gasteiger partial charge in [-0.1, -0.05) is 22.5 Å². The van der Waals surface area contributed by atoms with Gasteiger partial charge in [-0.05, 0) is 56.3 Å². The second-order valence-electron chi connectivity index (χ2n) is 8.52. The first-order chi connectivity index (χ1) is 18.1. The zero-order chi connectivity index (χ0) is 27.4. The zero-order valence-electron chi connectivity index (χ0n) is 19.7. The van der Waals surface area contributed by atoms with E-state index in [2.05, 4.69) is 48.4 Å². The molecule has 8 nitrogen and oxygen atoms in total. The predicted octanol–water partition coefficient (Wildman–Crippen LogP) is 5.28. The monoisotopic (exact) mass is 595 g/mol. The number of rotatable bonds is 8. The first kappa shape index (κ1) is 27.5. The summed E-state index contributed by atoms with van der Waals surface area (Å²) >= 11 is 3.19. The Balaban J connectivity index is 1.78. The molecule has 1 saturated heterocycles. The van der Waals surface area contributed by atoms with Gasteiger partial charge in [0, 0.05) is 21.8 Å². The van der Waals surface area contributed by atoms with Gasteiger partial charge in [0.05, 0.1) is 16.9 Å². The molecule has 3 N–H and O–H groups in total. The lowest BCUT2D eigenvalue weighted by Gasteiger charge is -2.31. The molecule has 1 amide bonds. The number of ketones is 1. The number of nitrogens with one attached hydrogen (secondary N) is 3. The molecule has 0 bridgehead atoms. The van der Waals surface area contributed by atoms with E-state index in [1.165, 1.54) is 30.6 Å². The molecule has 1 fully saturated rings. The Morgan fingerprint density at radius 3 is 2.55 bits per heavy atom. The minimum absolute atomic E-state index is 0.0366. The Labute approximate surface area is 223 Å². The number of anilines is 3. The average molecular weight is 596 g/mol. The third kappa shape index (κ3) is 6.27. The van der Waals surface area contributed by atoms with Crippen LogP contribution in [0.3, 0.4) is 0 Å². The van der Waals surface area contributed by atoms with Crippen LogP contribution in [0.15, 0.2) is 53.8 Å². The smallest absolute Gasteiger partial charge is 0.453 e. The van der Waals surface area contributed by atoms with Crippen LogP contribution in [0.25, 0.3) is 10.9 Å². The molecule has 0 spiro atoms. The van der Waals surface area contributed by atoms with Crippen LogP contribution in [-0.2, 0) is 9.59 Å². The van der Waals surface area contributed by atoms with Crippen molar-refractivity contribution in [2.45, 2.75) is 25.1 Å². The highest BCUT2D eigenvalue weighted by Crippen LogP contribution is 2.37. The summed E-state index contributed by atoms with van der Waals surface area (Å²) in [5.74, 6) is -3.97. The number of carbonyl (C=O) groups excluding carboxylic acids is 2. The number of Topliss-reactive ketones (excluding diaryl/α,β-unsaturated/α-hetero) is 1. The molecule has 1 aromatic heterocycles. The van der Waals surface area contributed by atoms with Crippen molar-refractivity contribution in [2.24, 2.45) is 5.92 Å². The number of amides is 1. The summed E-state index contributed by atoms with van der Waals surface area (Å²) in [6.45, 7) is 4.25. The Hall–Kier alpha value is -3.58. The minimum atomic E-state index is -5.12. The largest absolute Gasteiger partial charge is 0.480 e. The van der Waals surface area contributed by atoms with E-state index in [1.54, 1.807) is 6.07 Å². The molecule has 1 aliphatic heterocycles. The molecule has 2 aromatic carbocycles. The van der Waals surface area contributed by atoms with Gasteiger partial charge in [0.25, 0.3) is 5.78 Å². The summed E-state index contributed by atoms with van der Waals surface area (Å²) in [7, 11) is 0. The average Bonchev–Trinajstić information content (AvgIpc) is 2.88. The number of hydrogen-bond donors (Lipinski definition) is 3. The van der Waals surface area contributed by atoms with Crippen LogP contribution in [0.1, 0.15) is 12.8 Å². The van der Waals surface area contributed by atoms with Gasteiger partial charge in [-0.15, -0.1) is 0 Å². The van der Waals surface area contributed by atoms with Crippen LogP contribution in [0.4, 0.5) is 34.8 Å². The number of piperidine rings is 1. The van der Waals surface area contributed by atoms with Crippen molar-refractivity contribution in [2.75, 3.05) is 23.7 Å². The number of benzene rings is 2. The van der Waals surface area contributed by atoms with Gasteiger partial charge in [0.1, 0.15) is 23.7 Å². The second-order valence-corrected chi connectivity index (χ2v) is 9.43. The third-order valence-corrected chi connectivity index (χ3v) is 6.46. The van der Waals surface area contributed by atoms with Crippen LogP contribution >= 0.6 is 15.9 Å². The fourth-order valence-electron chi connectivity index (χ4n) is 4.09. The maximum Gasteiger partial charge on any atom is 0.453 e. The van der Waals surface area contributed by atoms with Crippen molar-refractivity contribution in [3.8, 4) is 5.75 Å². The van der Waals surface area contributed by atoms with E-state index in [0.717, 1.165) is 6.08 Å². The van der Waals surface area contributed by atoms with Crippen molar-refractivity contribution < 1.29 is 31.9 Å². The Kier molecular flexibility index (Phi) is 8.26. The van der Waals surface area contributed by atoms with Gasteiger partial charge < -0.3 is 20.7 Å². The molecule has 1 atom stereocenters. The van der Waals surface area contributed by atoms with Gasteiger partial charge in [-0.2, -0.15) is 13.2 Å². The summed E-state index contributed by atoms with van der Waals surface area (Å²) in [5, 5.41) is 8.71. The first-order valence-corrected chi connectivity index (χ1v) is 12.3. The summed E-state index contributed by atoms with van der Waals surface area (Å²) in [6.07, 6.45) is -4.21. The highest BCUT2D eigenvalue weighted by atomic mass is 79.9. The predicted molar refractivity (Wildman–Crippen MR) is 137 cm³/mol. The molecule has 0 aliphatic carbocycles. The lowest BCUT2D eigenvalue weighted by atomic mass is 9.89. The molecule has 0 radical (unpaired) electrons. The number of halogens is 5. The molecular formula is C25H22BrF4N5O3. The molecule has 13 heteroatoms. The number of aromatic nitrogens is 2. The molecule has 3 aromatic rings. The zero-order valence-corrected chi connectivity index (χ0v) is 21.3. The number of alkyl halides is 3. The van der Waals surface area contributed by atoms with E-state index < -0.39 is 35.7 Å². The van der Waals surface area contributed by atoms with E-state index in [0.29, 0.717) is 35.8 Å². The van der Waals surface area contributed by atoms with Gasteiger partial charge in [0.15, 0.2) is 6.10 Å². The molecule has 2 heterocycles. The Morgan fingerprint density at radius 1 is 1.16 bits per heavy atom. The maximum atomic E-state index is 14.4. The summed E-state index contributed by atoms with van der Waals surface area (Å²) in [6, 6.07) is 7.04. The molecule has 4 rings (SSSR count). The van der Waals surface area contributed by atoms with Crippen LogP contribution in [0, 0.1) is 11.7 Å². The topological polar surface area (TPSA) is 105 Å². The number of fused-ring (bicyclic) bond motifs is 1. The van der Waals surface area contributed by atoms with Crippen LogP contribution in [0.2, 0.25) is 0 Å². The van der Waals surface area contributed by atoms with Crippen molar-refractivity contribution in [3.05, 3.63) is 59.6 Å². The third-order valence-electron chi connectivity index (χ3n) is 5.97. The normalized spacial score (nSPS) is 15.1. The summed E-state index contributed by atoms with van der Waals surface area (Å²) in [5.41, 5.74) is 0.285. The van der Waals surface area contributed by atoms with Gasteiger partial charge in [-0.3, -0.25) is 9.59 Å². The van der Waals surface area contributed by atoms with E-state index in [4.69, 9.17) is 4.74 Å². The van der Waals surface area contributed by atoms with Crippen molar-refractivity contribution in [1.82, 2.24) is 15.3 Å². The van der Waals surface area contributed by atoms with E-state index in [-0.39, 0.29) is 28.5 Å². The summed E-state index contributed by atoms with van der Waals surface area (Å²) < 4.78 is 61.2. The molecule has 38 heavy (non-hydrogen) atoms. The molecule has 1 unspecified atom stereocenters. The van der Waals surface area contributed by atoms with Crippen LogP contribution in [-0.4, -0.2) is 47.0 Å². The number of ether oxygens (including phenoxy) is 1. The molecule has 200 valence electrons. The minimum Gasteiger partial charge on any atom is -0.480 e. The van der Waals surface area contributed by atoms with Crippen LogP contribution < -0.4 is 20.7 Å². The van der Waals surface area contributed by atoms with Crippen molar-refractivity contribution in [3.63, 3.8) is 0 Å². The lowest BCUT2D eigenvalue weighted by Crippen LogP contribution is -2.46. The maximum absolute atomic E-state index is 14.4. The van der Waals surface area contributed by atoms with Gasteiger partial charge in [-0.25, -0.2) is 14.4 Å². The second kappa shape index (κ2) is 11.4. The van der Waals surface area contributed by atoms with Crippen molar-refractivity contribution >= 4 is 55.7 Å². The number of carbonyl (C=O) groups is 2. The van der Waals surface area contributed by atoms with Gasteiger partial charge >= 0.3 is 6.18 Å².